The number of aromatic nitrogens is 2. The van der Waals surface area contributed by atoms with E-state index in [4.69, 9.17) is 9.72 Å². The van der Waals surface area contributed by atoms with Gasteiger partial charge in [0, 0.05) is 17.5 Å². The van der Waals surface area contributed by atoms with Crippen molar-refractivity contribution in [1.29, 1.82) is 0 Å². The quantitative estimate of drug-likeness (QED) is 0.576. The molecule has 0 radical (unpaired) electrons. The van der Waals surface area contributed by atoms with E-state index in [-0.39, 0.29) is 22.8 Å². The van der Waals surface area contributed by atoms with E-state index in [9.17, 15) is 9.59 Å². The first-order valence-corrected chi connectivity index (χ1v) is 11.9. The van der Waals surface area contributed by atoms with Gasteiger partial charge in [-0.15, -0.1) is 11.3 Å². The first kappa shape index (κ1) is 18.6. The number of thiophene rings is 1. The minimum Gasteiger partial charge on any atom is -0.376 e. The van der Waals surface area contributed by atoms with E-state index in [1.165, 1.54) is 22.2 Å². The fourth-order valence-corrected chi connectivity index (χ4v) is 6.29. The normalized spacial score (nSPS) is 22.5. The standard InChI is InChI=1S/C20H25N3O3S2/c1-11(17(24)21-12-7-8-12)27-20-22-18-16(14-5-2-6-15(14)28-18)19(25)23(20)10-13-4-3-9-26-13/h11-13H,2-10H2,1H3,(H,21,24)/t11-,13+/m1/s1. The summed E-state index contributed by atoms with van der Waals surface area (Å²) in [5, 5.41) is 4.21. The van der Waals surface area contributed by atoms with Gasteiger partial charge in [-0.05, 0) is 57.4 Å². The highest BCUT2D eigenvalue weighted by Gasteiger charge is 2.29. The second-order valence-corrected chi connectivity index (χ2v) is 10.4. The van der Waals surface area contributed by atoms with E-state index in [1.54, 1.807) is 15.9 Å². The van der Waals surface area contributed by atoms with Crippen LogP contribution in [0.2, 0.25) is 0 Å². The summed E-state index contributed by atoms with van der Waals surface area (Å²) in [6, 6.07) is 0.334. The molecule has 150 valence electrons. The molecule has 0 spiro atoms. The summed E-state index contributed by atoms with van der Waals surface area (Å²) in [5.41, 5.74) is 1.24. The molecule has 28 heavy (non-hydrogen) atoms. The molecule has 1 aliphatic heterocycles. The zero-order valence-corrected chi connectivity index (χ0v) is 17.7. The molecule has 2 atom stereocenters. The molecule has 1 saturated carbocycles. The molecule has 2 aromatic rings. The highest BCUT2D eigenvalue weighted by atomic mass is 32.2. The number of thioether (sulfide) groups is 1. The van der Waals surface area contributed by atoms with Gasteiger partial charge in [0.25, 0.3) is 5.56 Å². The monoisotopic (exact) mass is 419 g/mol. The van der Waals surface area contributed by atoms with Gasteiger partial charge >= 0.3 is 0 Å². The van der Waals surface area contributed by atoms with Crippen LogP contribution in [-0.2, 0) is 28.9 Å². The predicted molar refractivity (Wildman–Crippen MR) is 111 cm³/mol. The van der Waals surface area contributed by atoms with Gasteiger partial charge < -0.3 is 10.1 Å². The second kappa shape index (κ2) is 7.46. The van der Waals surface area contributed by atoms with Gasteiger partial charge in [0.2, 0.25) is 5.91 Å². The lowest BCUT2D eigenvalue weighted by Crippen LogP contribution is -2.34. The van der Waals surface area contributed by atoms with Crippen molar-refractivity contribution in [2.45, 2.75) is 81.0 Å². The SMILES string of the molecule is C[C@@H](Sc1nc2sc3c(c2c(=O)n1C[C@@H]1CCCO1)CCC3)C(=O)NC1CC1. The Bertz CT molecular complexity index is 973. The Kier molecular flexibility index (Phi) is 4.97. The van der Waals surface area contributed by atoms with Crippen molar-refractivity contribution in [3.63, 3.8) is 0 Å². The van der Waals surface area contributed by atoms with Crippen LogP contribution in [0.1, 0.15) is 49.5 Å². The number of nitrogens with zero attached hydrogens (tertiary/aromatic N) is 2. The molecule has 1 N–H and O–H groups in total. The van der Waals surface area contributed by atoms with Gasteiger partial charge in [0.05, 0.1) is 23.3 Å². The molecule has 5 rings (SSSR count). The average molecular weight is 420 g/mol. The first-order chi connectivity index (χ1) is 13.6. The predicted octanol–water partition coefficient (Wildman–Crippen LogP) is 2.88. The minimum atomic E-state index is -0.285. The van der Waals surface area contributed by atoms with Crippen molar-refractivity contribution < 1.29 is 9.53 Å². The van der Waals surface area contributed by atoms with Gasteiger partial charge in [-0.25, -0.2) is 4.98 Å². The average Bonchev–Trinajstić information content (AvgIpc) is 3.06. The van der Waals surface area contributed by atoms with Crippen LogP contribution in [0.15, 0.2) is 9.95 Å². The molecule has 6 nitrogen and oxygen atoms in total. The summed E-state index contributed by atoms with van der Waals surface area (Å²) in [5.74, 6) is 0.0270. The third-order valence-electron chi connectivity index (χ3n) is 5.78. The topological polar surface area (TPSA) is 73.2 Å². The summed E-state index contributed by atoms with van der Waals surface area (Å²) < 4.78 is 7.57. The Labute approximate surface area is 172 Å². The van der Waals surface area contributed by atoms with Gasteiger partial charge in [0.15, 0.2) is 5.16 Å². The molecule has 2 fully saturated rings. The second-order valence-electron chi connectivity index (χ2n) is 8.03. The number of carbonyl (C=O) groups excluding carboxylic acids is 1. The number of carbonyl (C=O) groups is 1. The lowest BCUT2D eigenvalue weighted by Gasteiger charge is -2.18. The number of nitrogens with one attached hydrogen (secondary N) is 1. The molecular formula is C20H25N3O3S2. The van der Waals surface area contributed by atoms with Crippen molar-refractivity contribution in [3.05, 3.63) is 20.8 Å². The summed E-state index contributed by atoms with van der Waals surface area (Å²) in [4.78, 5) is 32.9. The molecule has 0 bridgehead atoms. The van der Waals surface area contributed by atoms with Crippen LogP contribution in [0.5, 0.6) is 0 Å². The first-order valence-electron chi connectivity index (χ1n) is 10.2. The van der Waals surface area contributed by atoms with Crippen LogP contribution < -0.4 is 10.9 Å². The third-order valence-corrected chi connectivity index (χ3v) is 8.05. The molecule has 3 aliphatic rings. The Balaban J connectivity index is 1.51. The van der Waals surface area contributed by atoms with Crippen molar-refractivity contribution in [3.8, 4) is 0 Å². The molecule has 2 aliphatic carbocycles. The molecule has 2 aromatic heterocycles. The molecule has 8 heteroatoms. The lowest BCUT2D eigenvalue weighted by molar-refractivity contribution is -0.120. The molecule has 0 aromatic carbocycles. The van der Waals surface area contributed by atoms with Gasteiger partial charge in [-0.2, -0.15) is 0 Å². The van der Waals surface area contributed by atoms with E-state index in [0.29, 0.717) is 17.7 Å². The maximum absolute atomic E-state index is 13.5. The van der Waals surface area contributed by atoms with Crippen LogP contribution >= 0.6 is 23.1 Å². The van der Waals surface area contributed by atoms with Crippen molar-refractivity contribution in [2.75, 3.05) is 6.61 Å². The van der Waals surface area contributed by atoms with Crippen LogP contribution in [0.3, 0.4) is 0 Å². The maximum atomic E-state index is 13.5. The van der Waals surface area contributed by atoms with E-state index in [0.717, 1.165) is 61.8 Å². The summed E-state index contributed by atoms with van der Waals surface area (Å²) >= 11 is 3.04. The fraction of sp³-hybridized carbons (Fsp3) is 0.650. The molecular weight excluding hydrogens is 394 g/mol. The van der Waals surface area contributed by atoms with Crippen molar-refractivity contribution in [2.24, 2.45) is 0 Å². The number of fused-ring (bicyclic) bond motifs is 3. The summed E-state index contributed by atoms with van der Waals surface area (Å²) in [6.07, 6.45) is 7.33. The maximum Gasteiger partial charge on any atom is 0.263 e. The summed E-state index contributed by atoms with van der Waals surface area (Å²) in [6.45, 7) is 3.17. The van der Waals surface area contributed by atoms with Gasteiger partial charge in [-0.3, -0.25) is 14.2 Å². The number of hydrogen-bond acceptors (Lipinski definition) is 6. The van der Waals surface area contributed by atoms with Crippen LogP contribution in [0, 0.1) is 0 Å². The van der Waals surface area contributed by atoms with Gasteiger partial charge in [-0.1, -0.05) is 11.8 Å². The van der Waals surface area contributed by atoms with E-state index < -0.39 is 0 Å². The smallest absolute Gasteiger partial charge is 0.263 e. The Morgan fingerprint density at radius 3 is 2.96 bits per heavy atom. The number of ether oxygens (including phenoxy) is 1. The Hall–Kier alpha value is -1.38. The van der Waals surface area contributed by atoms with Crippen molar-refractivity contribution >= 4 is 39.2 Å². The van der Waals surface area contributed by atoms with E-state index in [1.807, 2.05) is 6.92 Å². The fourth-order valence-electron chi connectivity index (χ4n) is 4.06. The van der Waals surface area contributed by atoms with E-state index in [2.05, 4.69) is 5.32 Å². The molecule has 1 amide bonds. The minimum absolute atomic E-state index is 0.0270. The van der Waals surface area contributed by atoms with Crippen LogP contribution in [-0.4, -0.2) is 39.5 Å². The van der Waals surface area contributed by atoms with Crippen LogP contribution in [0.25, 0.3) is 10.2 Å². The highest BCUT2D eigenvalue weighted by Crippen LogP contribution is 2.36. The zero-order chi connectivity index (χ0) is 19.3. The largest absolute Gasteiger partial charge is 0.376 e. The number of rotatable bonds is 6. The van der Waals surface area contributed by atoms with E-state index >= 15 is 0 Å². The van der Waals surface area contributed by atoms with Crippen molar-refractivity contribution in [1.82, 2.24) is 14.9 Å². The van der Waals surface area contributed by atoms with Gasteiger partial charge in [0.1, 0.15) is 4.83 Å². The molecule has 1 saturated heterocycles. The Morgan fingerprint density at radius 1 is 1.36 bits per heavy atom. The van der Waals surface area contributed by atoms with Crippen LogP contribution in [0.4, 0.5) is 0 Å². The third kappa shape index (κ3) is 3.50. The lowest BCUT2D eigenvalue weighted by atomic mass is 10.2. The number of aryl methyl sites for hydroxylation is 2. The highest BCUT2D eigenvalue weighted by molar-refractivity contribution is 8.00. The Morgan fingerprint density at radius 2 is 2.21 bits per heavy atom. The summed E-state index contributed by atoms with van der Waals surface area (Å²) in [7, 11) is 0. The molecule has 3 heterocycles. The number of hydrogen-bond donors (Lipinski definition) is 1. The molecule has 0 unspecified atom stereocenters. The number of amides is 1. The zero-order valence-electron chi connectivity index (χ0n) is 16.0.